The molecule has 154 valence electrons. The lowest BCUT2D eigenvalue weighted by Crippen LogP contribution is -2.49. The molecule has 29 heavy (non-hydrogen) atoms. The third-order valence-electron chi connectivity index (χ3n) is 5.02. The van der Waals surface area contributed by atoms with Crippen molar-refractivity contribution in [3.05, 3.63) is 41.1 Å². The lowest BCUT2D eigenvalue weighted by atomic mass is 10.2. The molecule has 2 aromatic rings. The fourth-order valence-corrected chi connectivity index (χ4v) is 3.67. The van der Waals surface area contributed by atoms with Gasteiger partial charge in [-0.3, -0.25) is 4.79 Å². The van der Waals surface area contributed by atoms with Crippen molar-refractivity contribution in [1.82, 2.24) is 14.7 Å². The molecule has 1 aromatic carbocycles. The predicted octanol–water partition coefficient (Wildman–Crippen LogP) is 3.57. The third kappa shape index (κ3) is 4.45. The van der Waals surface area contributed by atoms with Gasteiger partial charge in [0.2, 0.25) is 5.91 Å². The molecule has 0 radical (unpaired) electrons. The average Bonchev–Trinajstić information content (AvgIpc) is 3.02. The average molecular weight is 416 g/mol. The van der Waals surface area contributed by atoms with Gasteiger partial charge < -0.3 is 14.5 Å². The quantitative estimate of drug-likeness (QED) is 0.676. The molecule has 0 bridgehead atoms. The number of piperazine rings is 1. The highest BCUT2D eigenvalue weighted by Crippen LogP contribution is 2.30. The van der Waals surface area contributed by atoms with Gasteiger partial charge in [0.15, 0.2) is 5.82 Å². The van der Waals surface area contributed by atoms with Crippen LogP contribution in [0.1, 0.15) is 18.2 Å². The second kappa shape index (κ2) is 9.13. The van der Waals surface area contributed by atoms with Gasteiger partial charge in [-0.1, -0.05) is 24.3 Å². The molecule has 0 aliphatic carbocycles. The van der Waals surface area contributed by atoms with Crippen molar-refractivity contribution >= 4 is 41.3 Å². The minimum atomic E-state index is 0.0315. The number of ether oxygens (including phenoxy) is 1. The number of aromatic nitrogens is 2. The van der Waals surface area contributed by atoms with Crippen molar-refractivity contribution in [2.45, 2.75) is 20.4 Å². The van der Waals surface area contributed by atoms with E-state index in [4.69, 9.17) is 16.3 Å². The van der Waals surface area contributed by atoms with Crippen molar-refractivity contribution in [3.8, 4) is 5.75 Å². The number of nitrogens with zero attached hydrogens (tertiary/aromatic N) is 5. The van der Waals surface area contributed by atoms with Crippen LogP contribution in [0.4, 0.5) is 11.5 Å². The summed E-state index contributed by atoms with van der Waals surface area (Å²) in [7, 11) is 1.60. The van der Waals surface area contributed by atoms with E-state index in [1.807, 2.05) is 36.9 Å². The molecule has 1 fully saturated rings. The number of amides is 1. The Hall–Kier alpha value is -2.80. The number of benzene rings is 1. The van der Waals surface area contributed by atoms with Gasteiger partial charge in [0.1, 0.15) is 12.3 Å². The highest BCUT2D eigenvalue weighted by molar-refractivity contribution is 6.32. The first-order chi connectivity index (χ1) is 14.0. The lowest BCUT2D eigenvalue weighted by Gasteiger charge is -2.36. The molecule has 2 heterocycles. The van der Waals surface area contributed by atoms with E-state index in [9.17, 15) is 4.79 Å². The monoisotopic (exact) mass is 415 g/mol. The lowest BCUT2D eigenvalue weighted by molar-refractivity contribution is -0.132. The smallest absolute Gasteiger partial charge is 0.244 e. The van der Waals surface area contributed by atoms with Crippen molar-refractivity contribution < 1.29 is 9.53 Å². The van der Waals surface area contributed by atoms with Crippen LogP contribution in [-0.4, -0.2) is 60.1 Å². The number of aryl methyl sites for hydroxylation is 1. The summed E-state index contributed by atoms with van der Waals surface area (Å²) in [6, 6.07) is 5.74. The van der Waals surface area contributed by atoms with Crippen LogP contribution in [-0.2, 0) is 11.3 Å². The molecule has 0 N–H and O–H groups in total. The summed E-state index contributed by atoms with van der Waals surface area (Å²) < 4.78 is 6.96. The molecule has 0 unspecified atom stereocenters. The number of carbonyl (C=O) groups excluding carboxylic acids is 1. The Bertz CT molecular complexity index is 929. The highest BCUT2D eigenvalue weighted by atomic mass is 35.5. The number of carbonyl (C=O) groups is 1. The predicted molar refractivity (Wildman–Crippen MR) is 118 cm³/mol. The Morgan fingerprint density at radius 3 is 2.69 bits per heavy atom. The van der Waals surface area contributed by atoms with Crippen molar-refractivity contribution in [2.75, 3.05) is 38.2 Å². The van der Waals surface area contributed by atoms with Crippen molar-refractivity contribution in [1.29, 1.82) is 0 Å². The third-order valence-corrected chi connectivity index (χ3v) is 5.33. The molecular formula is C21H26ClN5O2. The molecule has 8 heteroatoms. The van der Waals surface area contributed by atoms with Gasteiger partial charge >= 0.3 is 0 Å². The van der Waals surface area contributed by atoms with Crippen LogP contribution in [0.15, 0.2) is 29.8 Å². The maximum absolute atomic E-state index is 12.9. The minimum absolute atomic E-state index is 0.0315. The second-order valence-electron chi connectivity index (χ2n) is 6.76. The Balaban J connectivity index is 1.66. The van der Waals surface area contributed by atoms with E-state index in [2.05, 4.69) is 21.6 Å². The van der Waals surface area contributed by atoms with E-state index in [0.29, 0.717) is 29.7 Å². The maximum atomic E-state index is 12.9. The number of methoxy groups -OCH3 is 1. The largest absolute Gasteiger partial charge is 0.495 e. The van der Waals surface area contributed by atoms with Gasteiger partial charge in [-0.2, -0.15) is 5.10 Å². The van der Waals surface area contributed by atoms with E-state index in [1.165, 1.54) is 0 Å². The standard InChI is InChI=1S/C21H26ClN5O2/c1-5-17-15(3)24-27(21(17)23-6-2)14-20(28)26-11-9-25(10-12-26)16-7-8-18(22)19(13-16)29-4/h5-8,13H,1,9-12,14H2,2-4H3/b23-6-. The molecule has 0 spiro atoms. The SMILES string of the molecule is C=Cc1c(C)nn(CC(=O)N2CCN(c3ccc(Cl)c(OC)c3)CC2)c1/N=C\C. The molecule has 3 rings (SSSR count). The Morgan fingerprint density at radius 2 is 2.07 bits per heavy atom. The van der Waals surface area contributed by atoms with Crippen LogP contribution in [0.3, 0.4) is 0 Å². The molecule has 1 amide bonds. The van der Waals surface area contributed by atoms with Gasteiger partial charge in [-0.05, 0) is 26.0 Å². The number of aliphatic imine (C=N–C) groups is 1. The zero-order valence-electron chi connectivity index (χ0n) is 17.1. The molecule has 0 saturated carbocycles. The molecule has 1 aliphatic rings. The van der Waals surface area contributed by atoms with E-state index < -0.39 is 0 Å². The summed E-state index contributed by atoms with van der Waals surface area (Å²) in [6.07, 6.45) is 3.42. The first kappa shape index (κ1) is 20.9. The van der Waals surface area contributed by atoms with Crippen LogP contribution in [0, 0.1) is 6.92 Å². The van der Waals surface area contributed by atoms with Crippen LogP contribution in [0.5, 0.6) is 5.75 Å². The number of hydrogen-bond acceptors (Lipinski definition) is 5. The summed E-state index contributed by atoms with van der Waals surface area (Å²) >= 11 is 6.11. The zero-order chi connectivity index (χ0) is 21.0. The van der Waals surface area contributed by atoms with E-state index in [1.54, 1.807) is 24.1 Å². The van der Waals surface area contributed by atoms with Gasteiger partial charge in [0.25, 0.3) is 0 Å². The molecule has 1 aliphatic heterocycles. The molecule has 1 aromatic heterocycles. The van der Waals surface area contributed by atoms with E-state index in [0.717, 1.165) is 30.0 Å². The summed E-state index contributed by atoms with van der Waals surface area (Å²) in [5, 5.41) is 5.06. The fourth-order valence-electron chi connectivity index (χ4n) is 3.48. The topological polar surface area (TPSA) is 63.0 Å². The highest BCUT2D eigenvalue weighted by Gasteiger charge is 2.23. The Kier molecular flexibility index (Phi) is 6.59. The Morgan fingerprint density at radius 1 is 1.34 bits per heavy atom. The first-order valence-electron chi connectivity index (χ1n) is 9.53. The molecule has 7 nitrogen and oxygen atoms in total. The van der Waals surface area contributed by atoms with Crippen molar-refractivity contribution in [2.24, 2.45) is 4.99 Å². The van der Waals surface area contributed by atoms with Crippen molar-refractivity contribution in [3.63, 3.8) is 0 Å². The summed E-state index contributed by atoms with van der Waals surface area (Å²) in [6.45, 7) is 10.5. The number of anilines is 1. The first-order valence-corrected chi connectivity index (χ1v) is 9.91. The van der Waals surface area contributed by atoms with Crippen LogP contribution in [0.2, 0.25) is 5.02 Å². The van der Waals surface area contributed by atoms with Crippen LogP contribution in [0.25, 0.3) is 6.08 Å². The molecule has 0 atom stereocenters. The zero-order valence-corrected chi connectivity index (χ0v) is 17.8. The second-order valence-corrected chi connectivity index (χ2v) is 7.17. The number of rotatable bonds is 6. The summed E-state index contributed by atoms with van der Waals surface area (Å²) in [4.78, 5) is 21.3. The molecule has 1 saturated heterocycles. The number of halogens is 1. The van der Waals surface area contributed by atoms with Gasteiger partial charge in [0.05, 0.1) is 17.8 Å². The van der Waals surface area contributed by atoms with Gasteiger partial charge in [0, 0.05) is 49.7 Å². The summed E-state index contributed by atoms with van der Waals surface area (Å²) in [5.74, 6) is 1.35. The summed E-state index contributed by atoms with van der Waals surface area (Å²) in [5.41, 5.74) is 2.71. The van der Waals surface area contributed by atoms with E-state index in [-0.39, 0.29) is 12.5 Å². The van der Waals surface area contributed by atoms with E-state index >= 15 is 0 Å². The number of hydrogen-bond donors (Lipinski definition) is 0. The normalized spacial score (nSPS) is 14.5. The Labute approximate surface area is 176 Å². The minimum Gasteiger partial charge on any atom is -0.495 e. The van der Waals surface area contributed by atoms with Crippen LogP contribution < -0.4 is 9.64 Å². The fraction of sp³-hybridized carbons (Fsp3) is 0.381. The maximum Gasteiger partial charge on any atom is 0.244 e. The van der Waals surface area contributed by atoms with Crippen LogP contribution >= 0.6 is 11.6 Å². The van der Waals surface area contributed by atoms with Gasteiger partial charge in [-0.15, -0.1) is 0 Å². The molecular weight excluding hydrogens is 390 g/mol. The van der Waals surface area contributed by atoms with Gasteiger partial charge in [-0.25, -0.2) is 9.67 Å².